The molecule has 1 saturated carbocycles. The third kappa shape index (κ3) is 3.98. The zero-order chi connectivity index (χ0) is 15.1. The summed E-state index contributed by atoms with van der Waals surface area (Å²) >= 11 is 0. The lowest BCUT2D eigenvalue weighted by molar-refractivity contribution is 0.128. The molecule has 0 unspecified atom stereocenters. The van der Waals surface area contributed by atoms with Gasteiger partial charge in [0.05, 0.1) is 13.2 Å². The molecule has 1 aliphatic carbocycles. The summed E-state index contributed by atoms with van der Waals surface area (Å²) in [5.41, 5.74) is 1.75. The molecule has 21 heavy (non-hydrogen) atoms. The fourth-order valence-corrected chi connectivity index (χ4v) is 3.39. The quantitative estimate of drug-likeness (QED) is 0.708. The highest BCUT2D eigenvalue weighted by molar-refractivity contribution is 5.35. The molecule has 1 aromatic carbocycles. The Labute approximate surface area is 129 Å². The van der Waals surface area contributed by atoms with Crippen molar-refractivity contribution in [2.24, 2.45) is 5.92 Å². The van der Waals surface area contributed by atoms with Gasteiger partial charge in [-0.05, 0) is 43.4 Å². The number of nitrogens with one attached hydrogen (secondary N) is 1. The predicted molar refractivity (Wildman–Crippen MR) is 87.0 cm³/mol. The van der Waals surface area contributed by atoms with E-state index in [-0.39, 0.29) is 0 Å². The largest absolute Gasteiger partial charge is 0.494 e. The lowest BCUT2D eigenvalue weighted by Crippen LogP contribution is -2.49. The summed E-state index contributed by atoms with van der Waals surface area (Å²) in [6.07, 6.45) is 3.87. The van der Waals surface area contributed by atoms with E-state index >= 15 is 0 Å². The number of methoxy groups -OCH3 is 1. The zero-order valence-electron chi connectivity index (χ0n) is 13.7. The summed E-state index contributed by atoms with van der Waals surface area (Å²) in [5.74, 6) is 1.84. The van der Waals surface area contributed by atoms with Crippen LogP contribution in [0.2, 0.25) is 0 Å². The minimum atomic E-state index is 0.305. The molecule has 0 heterocycles. The van der Waals surface area contributed by atoms with Gasteiger partial charge < -0.3 is 14.8 Å². The molecule has 0 radical (unpaired) electrons. The summed E-state index contributed by atoms with van der Waals surface area (Å²) in [5, 5.41) is 3.56. The lowest BCUT2D eigenvalue weighted by Gasteiger charge is -2.48. The molecule has 1 aromatic rings. The first-order valence-corrected chi connectivity index (χ1v) is 8.17. The first-order valence-electron chi connectivity index (χ1n) is 8.17. The van der Waals surface area contributed by atoms with Gasteiger partial charge in [-0.3, -0.25) is 0 Å². The first-order chi connectivity index (χ1) is 10.2. The van der Waals surface area contributed by atoms with Gasteiger partial charge in [0.25, 0.3) is 0 Å². The number of ether oxygens (including phenoxy) is 2. The Hall–Kier alpha value is -1.06. The molecule has 1 aliphatic rings. The highest BCUT2D eigenvalue weighted by Gasteiger charge is 2.44. The Balaban J connectivity index is 2.01. The van der Waals surface area contributed by atoms with E-state index < -0.39 is 0 Å². The van der Waals surface area contributed by atoms with Crippen molar-refractivity contribution in [1.82, 2.24) is 5.32 Å². The van der Waals surface area contributed by atoms with Crippen LogP contribution in [0.4, 0.5) is 0 Å². The Kier molecular flexibility index (Phi) is 6.07. The summed E-state index contributed by atoms with van der Waals surface area (Å²) in [6, 6.07) is 8.70. The number of hydrogen-bond acceptors (Lipinski definition) is 3. The fraction of sp³-hybridized carbons (Fsp3) is 0.667. The van der Waals surface area contributed by atoms with Crippen LogP contribution in [0.25, 0.3) is 0 Å². The summed E-state index contributed by atoms with van der Waals surface area (Å²) in [6.45, 7) is 7.78. The zero-order valence-corrected chi connectivity index (χ0v) is 13.7. The van der Waals surface area contributed by atoms with Gasteiger partial charge >= 0.3 is 0 Å². The first kappa shape index (κ1) is 16.3. The van der Waals surface area contributed by atoms with Crippen molar-refractivity contribution in [3.05, 3.63) is 29.8 Å². The van der Waals surface area contributed by atoms with Crippen LogP contribution in [-0.4, -0.2) is 33.4 Å². The molecule has 118 valence electrons. The average Bonchev–Trinajstić information content (AvgIpc) is 2.47. The highest BCUT2D eigenvalue weighted by Crippen LogP contribution is 2.49. The van der Waals surface area contributed by atoms with Gasteiger partial charge in [0.15, 0.2) is 0 Å². The van der Waals surface area contributed by atoms with Gasteiger partial charge in [0.1, 0.15) is 5.75 Å². The molecule has 3 nitrogen and oxygen atoms in total. The molecule has 0 amide bonds. The van der Waals surface area contributed by atoms with E-state index in [2.05, 4.69) is 36.5 Å². The molecule has 1 N–H and O–H groups in total. The van der Waals surface area contributed by atoms with Crippen molar-refractivity contribution < 1.29 is 9.47 Å². The molecule has 3 heteroatoms. The molecule has 0 saturated heterocycles. The highest BCUT2D eigenvalue weighted by atomic mass is 16.5. The summed E-state index contributed by atoms with van der Waals surface area (Å²) in [7, 11) is 1.75. The molecular weight excluding hydrogens is 262 g/mol. The molecule has 0 atom stereocenters. The van der Waals surface area contributed by atoms with Crippen LogP contribution < -0.4 is 10.1 Å². The Morgan fingerprint density at radius 2 is 1.90 bits per heavy atom. The Bertz CT molecular complexity index is 410. The van der Waals surface area contributed by atoms with Gasteiger partial charge in [0, 0.05) is 25.6 Å². The van der Waals surface area contributed by atoms with Crippen molar-refractivity contribution >= 4 is 0 Å². The molecule has 0 aliphatic heterocycles. The van der Waals surface area contributed by atoms with Crippen molar-refractivity contribution in [1.29, 1.82) is 0 Å². The van der Waals surface area contributed by atoms with E-state index in [0.717, 1.165) is 38.0 Å². The van der Waals surface area contributed by atoms with Crippen LogP contribution in [0.1, 0.15) is 38.7 Å². The molecule has 1 fully saturated rings. The van der Waals surface area contributed by atoms with E-state index in [1.165, 1.54) is 24.8 Å². The minimum Gasteiger partial charge on any atom is -0.494 e. The van der Waals surface area contributed by atoms with Gasteiger partial charge in [0.2, 0.25) is 0 Å². The van der Waals surface area contributed by atoms with E-state index in [9.17, 15) is 0 Å². The normalized spacial score (nSPS) is 24.6. The molecule has 0 aromatic heterocycles. The van der Waals surface area contributed by atoms with Crippen LogP contribution in [0, 0.1) is 5.92 Å². The van der Waals surface area contributed by atoms with Gasteiger partial charge in [-0.2, -0.15) is 0 Å². The standard InChI is InChI=1S/C18H29NO2/c1-4-15-12-18(13-15,14-19-10-11-20-3)16-6-8-17(9-7-16)21-5-2/h6-9,15,19H,4-5,10-14H2,1-3H3. The summed E-state index contributed by atoms with van der Waals surface area (Å²) in [4.78, 5) is 0. The van der Waals surface area contributed by atoms with Gasteiger partial charge in [-0.15, -0.1) is 0 Å². The maximum Gasteiger partial charge on any atom is 0.119 e. The monoisotopic (exact) mass is 291 g/mol. The Morgan fingerprint density at radius 3 is 2.48 bits per heavy atom. The van der Waals surface area contributed by atoms with Crippen molar-refractivity contribution in [2.75, 3.05) is 33.4 Å². The van der Waals surface area contributed by atoms with E-state index in [1.54, 1.807) is 7.11 Å². The average molecular weight is 291 g/mol. The fourth-order valence-electron chi connectivity index (χ4n) is 3.39. The van der Waals surface area contributed by atoms with Crippen LogP contribution >= 0.6 is 0 Å². The van der Waals surface area contributed by atoms with Crippen LogP contribution in [-0.2, 0) is 10.2 Å². The second kappa shape index (κ2) is 7.81. The molecule has 0 bridgehead atoms. The molecular formula is C18H29NO2. The Morgan fingerprint density at radius 1 is 1.19 bits per heavy atom. The van der Waals surface area contributed by atoms with E-state index in [1.807, 2.05) is 6.92 Å². The topological polar surface area (TPSA) is 30.5 Å². The van der Waals surface area contributed by atoms with E-state index in [0.29, 0.717) is 5.41 Å². The SMILES string of the molecule is CCOc1ccc(C2(CNCCOC)CC(CC)C2)cc1. The number of rotatable bonds is 9. The second-order valence-corrected chi connectivity index (χ2v) is 6.09. The number of benzene rings is 1. The second-order valence-electron chi connectivity index (χ2n) is 6.09. The van der Waals surface area contributed by atoms with Gasteiger partial charge in [-0.25, -0.2) is 0 Å². The molecule has 2 rings (SSSR count). The summed E-state index contributed by atoms with van der Waals surface area (Å²) < 4.78 is 10.7. The minimum absolute atomic E-state index is 0.305. The smallest absolute Gasteiger partial charge is 0.119 e. The van der Waals surface area contributed by atoms with Gasteiger partial charge in [-0.1, -0.05) is 25.5 Å². The predicted octanol–water partition coefficient (Wildman–Crippen LogP) is 3.38. The van der Waals surface area contributed by atoms with Crippen molar-refractivity contribution in [3.63, 3.8) is 0 Å². The van der Waals surface area contributed by atoms with Crippen LogP contribution in [0.3, 0.4) is 0 Å². The number of hydrogen-bond donors (Lipinski definition) is 1. The third-order valence-electron chi connectivity index (χ3n) is 4.66. The molecule has 0 spiro atoms. The van der Waals surface area contributed by atoms with Crippen molar-refractivity contribution in [3.8, 4) is 5.75 Å². The van der Waals surface area contributed by atoms with E-state index in [4.69, 9.17) is 9.47 Å². The van der Waals surface area contributed by atoms with Crippen molar-refractivity contribution in [2.45, 2.75) is 38.5 Å². The lowest BCUT2D eigenvalue weighted by atomic mass is 9.58. The van der Waals surface area contributed by atoms with Crippen LogP contribution in [0.15, 0.2) is 24.3 Å². The van der Waals surface area contributed by atoms with Crippen LogP contribution in [0.5, 0.6) is 5.75 Å². The third-order valence-corrected chi connectivity index (χ3v) is 4.66. The maximum atomic E-state index is 5.55. The maximum absolute atomic E-state index is 5.55.